The first-order valence-electron chi connectivity index (χ1n) is 5.82. The summed E-state index contributed by atoms with van der Waals surface area (Å²) in [5, 5.41) is 0.650. The predicted molar refractivity (Wildman–Crippen MR) is 83.3 cm³/mol. The Labute approximate surface area is 123 Å². The molecule has 0 aliphatic rings. The Hall–Kier alpha value is -1.58. The Morgan fingerprint density at radius 2 is 1.84 bits per heavy atom. The first-order chi connectivity index (χ1) is 8.97. The Balaban J connectivity index is 2.31. The van der Waals surface area contributed by atoms with Gasteiger partial charge in [-0.2, -0.15) is 0 Å². The van der Waals surface area contributed by atoms with Gasteiger partial charge in [-0.1, -0.05) is 29.9 Å². The molecule has 0 unspecified atom stereocenters. The van der Waals surface area contributed by atoms with Crippen LogP contribution in [0.4, 0.5) is 0 Å². The van der Waals surface area contributed by atoms with Crippen LogP contribution < -0.4 is 10.5 Å². The predicted octanol–water partition coefficient (Wildman–Crippen LogP) is 4.38. The van der Waals surface area contributed by atoms with E-state index in [0.717, 1.165) is 28.2 Å². The highest BCUT2D eigenvalue weighted by atomic mass is 35.5. The molecule has 0 fully saturated rings. The van der Waals surface area contributed by atoms with Gasteiger partial charge in [0, 0.05) is 10.6 Å². The summed E-state index contributed by atoms with van der Waals surface area (Å²) in [5.41, 5.74) is 8.52. The number of halogens is 1. The van der Waals surface area contributed by atoms with Gasteiger partial charge >= 0.3 is 0 Å². The summed E-state index contributed by atoms with van der Waals surface area (Å²) in [5.74, 6) is 1.48. The molecule has 0 saturated carbocycles. The number of thiocarbonyl (C=S) groups is 1. The van der Waals surface area contributed by atoms with Crippen molar-refractivity contribution < 1.29 is 4.74 Å². The molecule has 2 rings (SSSR count). The molecule has 0 saturated heterocycles. The molecule has 0 atom stereocenters. The van der Waals surface area contributed by atoms with Crippen LogP contribution in [-0.4, -0.2) is 4.99 Å². The highest BCUT2D eigenvalue weighted by Gasteiger charge is 2.06. The molecule has 0 radical (unpaired) electrons. The molecule has 19 heavy (non-hydrogen) atoms. The van der Waals surface area contributed by atoms with Crippen LogP contribution in [-0.2, 0) is 0 Å². The van der Waals surface area contributed by atoms with Crippen LogP contribution in [0.2, 0.25) is 5.02 Å². The van der Waals surface area contributed by atoms with Crippen molar-refractivity contribution in [3.05, 3.63) is 58.1 Å². The maximum Gasteiger partial charge on any atom is 0.131 e. The van der Waals surface area contributed by atoms with E-state index in [0.29, 0.717) is 10.0 Å². The lowest BCUT2D eigenvalue weighted by atomic mass is 10.1. The zero-order valence-electron chi connectivity index (χ0n) is 10.7. The number of hydrogen-bond donors (Lipinski definition) is 1. The first-order valence-corrected chi connectivity index (χ1v) is 6.60. The van der Waals surface area contributed by atoms with Crippen LogP contribution in [0.5, 0.6) is 11.5 Å². The third kappa shape index (κ3) is 3.25. The summed E-state index contributed by atoms with van der Waals surface area (Å²) >= 11 is 10.9. The molecule has 0 aliphatic carbocycles. The lowest BCUT2D eigenvalue weighted by Gasteiger charge is -2.11. The first kappa shape index (κ1) is 13.8. The molecule has 0 bridgehead atoms. The van der Waals surface area contributed by atoms with Gasteiger partial charge in [-0.25, -0.2) is 0 Å². The van der Waals surface area contributed by atoms with Crippen molar-refractivity contribution in [2.45, 2.75) is 13.8 Å². The van der Waals surface area contributed by atoms with E-state index in [4.69, 9.17) is 34.3 Å². The normalized spacial score (nSPS) is 10.3. The Morgan fingerprint density at radius 3 is 2.47 bits per heavy atom. The lowest BCUT2D eigenvalue weighted by Crippen LogP contribution is -2.10. The number of nitrogens with two attached hydrogens (primary N) is 1. The lowest BCUT2D eigenvalue weighted by molar-refractivity contribution is 0.478. The standard InChI is InChI=1S/C15H14ClNOS/c1-9-3-4-11(16)8-14(9)18-12-5-6-13(15(17)19)10(2)7-12/h3-8H,1-2H3,(H2,17,19). The molecule has 0 aromatic heterocycles. The van der Waals surface area contributed by atoms with Gasteiger partial charge in [-0.3, -0.25) is 0 Å². The van der Waals surface area contributed by atoms with E-state index in [9.17, 15) is 0 Å². The maximum atomic E-state index is 5.97. The molecule has 0 heterocycles. The highest BCUT2D eigenvalue weighted by molar-refractivity contribution is 7.80. The minimum absolute atomic E-state index is 0.392. The van der Waals surface area contributed by atoms with Crippen LogP contribution in [0, 0.1) is 13.8 Å². The molecule has 0 aliphatic heterocycles. The van der Waals surface area contributed by atoms with E-state index in [1.165, 1.54) is 0 Å². The van der Waals surface area contributed by atoms with Crippen molar-refractivity contribution in [3.8, 4) is 11.5 Å². The largest absolute Gasteiger partial charge is 0.457 e. The van der Waals surface area contributed by atoms with Crippen molar-refractivity contribution in [2.75, 3.05) is 0 Å². The summed E-state index contributed by atoms with van der Waals surface area (Å²) < 4.78 is 5.84. The second kappa shape index (κ2) is 5.59. The van der Waals surface area contributed by atoms with Crippen molar-refractivity contribution in [2.24, 2.45) is 5.73 Å². The molecule has 0 spiro atoms. The fourth-order valence-electron chi connectivity index (χ4n) is 1.79. The minimum atomic E-state index is 0.392. The summed E-state index contributed by atoms with van der Waals surface area (Å²) in [4.78, 5) is 0.392. The molecule has 2 aromatic rings. The molecule has 2 N–H and O–H groups in total. The van der Waals surface area contributed by atoms with E-state index in [1.807, 2.05) is 44.2 Å². The van der Waals surface area contributed by atoms with Gasteiger partial charge in [-0.15, -0.1) is 0 Å². The van der Waals surface area contributed by atoms with Crippen molar-refractivity contribution in [3.63, 3.8) is 0 Å². The summed E-state index contributed by atoms with van der Waals surface area (Å²) in [6.45, 7) is 3.92. The average molecular weight is 292 g/mol. The molecule has 98 valence electrons. The minimum Gasteiger partial charge on any atom is -0.457 e. The third-order valence-corrected chi connectivity index (χ3v) is 3.30. The summed E-state index contributed by atoms with van der Waals surface area (Å²) in [6.07, 6.45) is 0. The van der Waals surface area contributed by atoms with Crippen LogP contribution in [0.3, 0.4) is 0 Å². The number of benzene rings is 2. The Kier molecular flexibility index (Phi) is 4.08. The SMILES string of the molecule is Cc1ccc(Cl)cc1Oc1ccc(C(N)=S)c(C)c1. The fraction of sp³-hybridized carbons (Fsp3) is 0.133. The molecule has 4 heteroatoms. The smallest absolute Gasteiger partial charge is 0.131 e. The van der Waals surface area contributed by atoms with Gasteiger partial charge in [0.1, 0.15) is 16.5 Å². The Morgan fingerprint density at radius 1 is 1.11 bits per heavy atom. The van der Waals surface area contributed by atoms with E-state index >= 15 is 0 Å². The second-order valence-corrected chi connectivity index (χ2v) is 5.23. The van der Waals surface area contributed by atoms with Gasteiger partial charge in [0.05, 0.1) is 0 Å². The fourth-order valence-corrected chi connectivity index (χ4v) is 2.18. The maximum absolute atomic E-state index is 5.97. The molecular formula is C15H14ClNOS. The molecular weight excluding hydrogens is 278 g/mol. The van der Waals surface area contributed by atoms with Crippen molar-refractivity contribution in [1.82, 2.24) is 0 Å². The molecule has 0 amide bonds. The molecule has 2 nitrogen and oxygen atoms in total. The van der Waals surface area contributed by atoms with Crippen LogP contribution in [0.1, 0.15) is 16.7 Å². The zero-order chi connectivity index (χ0) is 14.0. The second-order valence-electron chi connectivity index (χ2n) is 4.35. The van der Waals surface area contributed by atoms with E-state index in [1.54, 1.807) is 6.07 Å². The van der Waals surface area contributed by atoms with Crippen LogP contribution in [0.15, 0.2) is 36.4 Å². The monoisotopic (exact) mass is 291 g/mol. The van der Waals surface area contributed by atoms with E-state index in [2.05, 4.69) is 0 Å². The highest BCUT2D eigenvalue weighted by Crippen LogP contribution is 2.29. The number of aryl methyl sites for hydroxylation is 2. The zero-order valence-corrected chi connectivity index (χ0v) is 12.3. The van der Waals surface area contributed by atoms with Gasteiger partial charge in [-0.05, 0) is 55.3 Å². The summed E-state index contributed by atoms with van der Waals surface area (Å²) in [7, 11) is 0. The third-order valence-electron chi connectivity index (χ3n) is 2.84. The molecule has 2 aromatic carbocycles. The topological polar surface area (TPSA) is 35.2 Å². The van der Waals surface area contributed by atoms with Crippen molar-refractivity contribution in [1.29, 1.82) is 0 Å². The number of ether oxygens (including phenoxy) is 1. The summed E-state index contributed by atoms with van der Waals surface area (Å²) in [6, 6.07) is 11.2. The van der Waals surface area contributed by atoms with E-state index in [-0.39, 0.29) is 0 Å². The van der Waals surface area contributed by atoms with Gasteiger partial charge in [0.25, 0.3) is 0 Å². The van der Waals surface area contributed by atoms with Gasteiger partial charge in [0.15, 0.2) is 0 Å². The number of rotatable bonds is 3. The van der Waals surface area contributed by atoms with Crippen LogP contribution in [0.25, 0.3) is 0 Å². The van der Waals surface area contributed by atoms with Gasteiger partial charge < -0.3 is 10.5 Å². The number of hydrogen-bond acceptors (Lipinski definition) is 2. The van der Waals surface area contributed by atoms with Gasteiger partial charge in [0.2, 0.25) is 0 Å². The van der Waals surface area contributed by atoms with Crippen molar-refractivity contribution >= 4 is 28.8 Å². The average Bonchev–Trinajstić information content (AvgIpc) is 2.33. The quantitative estimate of drug-likeness (QED) is 0.852. The van der Waals surface area contributed by atoms with Crippen LogP contribution >= 0.6 is 23.8 Å². The van der Waals surface area contributed by atoms with E-state index < -0.39 is 0 Å². The Bertz CT molecular complexity index is 640.